The molecule has 3 heterocycles. The Morgan fingerprint density at radius 3 is 2.97 bits per heavy atom. The molecule has 1 amide bonds. The number of benzene rings is 2. The van der Waals surface area contributed by atoms with Crippen LogP contribution in [0, 0.1) is 5.82 Å². The number of ether oxygens (including phenoxy) is 2. The number of hydrogen-bond acceptors (Lipinski definition) is 5. The zero-order chi connectivity index (χ0) is 21.4. The van der Waals surface area contributed by atoms with Crippen LogP contribution in [-0.4, -0.2) is 33.4 Å². The number of nitrogens with zero attached hydrogens (tertiary/aromatic N) is 2. The van der Waals surface area contributed by atoms with E-state index in [9.17, 15) is 14.3 Å². The highest BCUT2D eigenvalue weighted by molar-refractivity contribution is 5.92. The monoisotopic (exact) mass is 423 g/mol. The molecule has 7 nitrogen and oxygen atoms in total. The van der Waals surface area contributed by atoms with Crippen molar-refractivity contribution in [3.05, 3.63) is 76.7 Å². The lowest BCUT2D eigenvalue weighted by Crippen LogP contribution is -2.42. The van der Waals surface area contributed by atoms with Crippen LogP contribution in [0.4, 0.5) is 4.39 Å². The third kappa shape index (κ3) is 3.86. The molecule has 1 aromatic heterocycles. The van der Waals surface area contributed by atoms with E-state index in [4.69, 9.17) is 9.47 Å². The molecule has 2 unspecified atom stereocenters. The number of amides is 1. The van der Waals surface area contributed by atoms with E-state index in [1.54, 1.807) is 28.9 Å². The molecule has 8 heteroatoms. The van der Waals surface area contributed by atoms with E-state index in [0.717, 1.165) is 16.9 Å². The maximum Gasteiger partial charge on any atom is 0.272 e. The highest BCUT2D eigenvalue weighted by Gasteiger charge is 2.28. The topological polar surface area (TPSA) is 85.6 Å². The van der Waals surface area contributed by atoms with Crippen molar-refractivity contribution in [1.82, 2.24) is 15.1 Å². The molecule has 0 saturated heterocycles. The highest BCUT2D eigenvalue weighted by atomic mass is 19.1. The van der Waals surface area contributed by atoms with Gasteiger partial charge in [-0.3, -0.25) is 4.79 Å². The van der Waals surface area contributed by atoms with Gasteiger partial charge in [0.1, 0.15) is 24.3 Å². The van der Waals surface area contributed by atoms with E-state index in [2.05, 4.69) is 10.4 Å². The molecule has 0 saturated carbocycles. The Morgan fingerprint density at radius 1 is 1.26 bits per heavy atom. The summed E-state index contributed by atoms with van der Waals surface area (Å²) in [5, 5.41) is 16.6. The molecule has 160 valence electrons. The van der Waals surface area contributed by atoms with Crippen molar-refractivity contribution in [3.63, 3.8) is 0 Å². The predicted molar refractivity (Wildman–Crippen MR) is 109 cm³/mol. The Balaban J connectivity index is 1.27. The summed E-state index contributed by atoms with van der Waals surface area (Å²) in [5.74, 6) is 0.596. The van der Waals surface area contributed by atoms with E-state index in [1.807, 2.05) is 18.2 Å². The molecule has 0 bridgehead atoms. The van der Waals surface area contributed by atoms with Crippen LogP contribution in [0.5, 0.6) is 11.6 Å². The highest BCUT2D eigenvalue weighted by Crippen LogP contribution is 2.32. The van der Waals surface area contributed by atoms with Crippen molar-refractivity contribution in [3.8, 4) is 11.6 Å². The second kappa shape index (κ2) is 8.03. The van der Waals surface area contributed by atoms with Crippen LogP contribution >= 0.6 is 0 Å². The fraction of sp³-hybridized carbons (Fsp3) is 0.304. The molecule has 2 aliphatic heterocycles. The molecule has 2 aromatic carbocycles. The summed E-state index contributed by atoms with van der Waals surface area (Å²) >= 11 is 0. The number of fused-ring (bicyclic) bond motifs is 2. The molecule has 3 aromatic rings. The van der Waals surface area contributed by atoms with Gasteiger partial charge in [-0.2, -0.15) is 5.10 Å². The molecule has 31 heavy (non-hydrogen) atoms. The second-order valence-electron chi connectivity index (χ2n) is 7.79. The third-order valence-corrected chi connectivity index (χ3v) is 5.64. The van der Waals surface area contributed by atoms with E-state index >= 15 is 0 Å². The molecular weight excluding hydrogens is 401 g/mol. The Morgan fingerprint density at radius 2 is 2.13 bits per heavy atom. The van der Waals surface area contributed by atoms with Gasteiger partial charge in [0.05, 0.1) is 12.6 Å². The number of aromatic nitrogens is 2. The van der Waals surface area contributed by atoms with E-state index < -0.39 is 6.10 Å². The number of hydrogen-bond donors (Lipinski definition) is 2. The van der Waals surface area contributed by atoms with Gasteiger partial charge in [-0.25, -0.2) is 9.07 Å². The zero-order valence-electron chi connectivity index (χ0n) is 16.8. The average molecular weight is 423 g/mol. The standard InChI is InChI=1S/C23H22FN3O4/c24-18-4-2-1-3-17(18)21-7-8-27-22(31-21)11-19(26-27)23(29)25-16-10-15-9-14(12-28)5-6-20(15)30-13-16/h1-6,9,11,16,21,28H,7-8,10,12-13H2,(H,25,29). The number of rotatable bonds is 4. The Bertz CT molecular complexity index is 1130. The largest absolute Gasteiger partial charge is 0.491 e. The van der Waals surface area contributed by atoms with E-state index in [-0.39, 0.29) is 30.1 Å². The van der Waals surface area contributed by atoms with Crippen LogP contribution in [-0.2, 0) is 19.6 Å². The van der Waals surface area contributed by atoms with Crippen molar-refractivity contribution in [2.24, 2.45) is 0 Å². The Kier molecular flexibility index (Phi) is 5.07. The van der Waals surface area contributed by atoms with Gasteiger partial charge in [-0.05, 0) is 35.7 Å². The van der Waals surface area contributed by atoms with Gasteiger partial charge in [0.2, 0.25) is 5.88 Å². The lowest BCUT2D eigenvalue weighted by Gasteiger charge is -2.26. The van der Waals surface area contributed by atoms with Crippen molar-refractivity contribution in [2.75, 3.05) is 6.61 Å². The first-order valence-electron chi connectivity index (χ1n) is 10.3. The number of carbonyl (C=O) groups excluding carboxylic acids is 1. The summed E-state index contributed by atoms with van der Waals surface area (Å²) < 4.78 is 27.4. The Hall–Kier alpha value is -3.39. The number of aryl methyl sites for hydroxylation is 1. The van der Waals surface area contributed by atoms with Crippen molar-refractivity contribution in [2.45, 2.75) is 38.1 Å². The molecule has 5 rings (SSSR count). The van der Waals surface area contributed by atoms with Gasteiger partial charge in [-0.1, -0.05) is 24.3 Å². The third-order valence-electron chi connectivity index (χ3n) is 5.64. The van der Waals surface area contributed by atoms with Gasteiger partial charge in [0.15, 0.2) is 5.69 Å². The van der Waals surface area contributed by atoms with Crippen LogP contribution in [0.15, 0.2) is 48.5 Å². The fourth-order valence-electron chi connectivity index (χ4n) is 4.06. The van der Waals surface area contributed by atoms with Crippen LogP contribution in [0.25, 0.3) is 0 Å². The fourth-order valence-corrected chi connectivity index (χ4v) is 4.06. The first-order valence-corrected chi connectivity index (χ1v) is 10.3. The summed E-state index contributed by atoms with van der Waals surface area (Å²) in [6.45, 7) is 0.848. The first kappa shape index (κ1) is 19.6. The zero-order valence-corrected chi connectivity index (χ0v) is 16.8. The molecule has 2 aliphatic rings. The lowest BCUT2D eigenvalue weighted by atomic mass is 10.0. The molecular formula is C23H22FN3O4. The Labute approximate surface area is 178 Å². The maximum absolute atomic E-state index is 14.1. The van der Waals surface area contributed by atoms with Gasteiger partial charge in [-0.15, -0.1) is 0 Å². The van der Waals surface area contributed by atoms with Crippen LogP contribution in [0.1, 0.15) is 39.7 Å². The van der Waals surface area contributed by atoms with Gasteiger partial charge >= 0.3 is 0 Å². The lowest BCUT2D eigenvalue weighted by molar-refractivity contribution is 0.0909. The summed E-state index contributed by atoms with van der Waals surface area (Å²) in [4.78, 5) is 12.8. The van der Waals surface area contributed by atoms with Crippen molar-refractivity contribution >= 4 is 5.91 Å². The van der Waals surface area contributed by atoms with Gasteiger partial charge in [0.25, 0.3) is 5.91 Å². The van der Waals surface area contributed by atoms with E-state index in [1.165, 1.54) is 6.07 Å². The van der Waals surface area contributed by atoms with Crippen molar-refractivity contribution in [1.29, 1.82) is 0 Å². The SMILES string of the molecule is O=C(NC1COc2ccc(CO)cc2C1)c1cc2n(n1)CCC(c1ccccc1F)O2. The minimum atomic E-state index is -0.412. The van der Waals surface area contributed by atoms with Crippen LogP contribution in [0.2, 0.25) is 0 Å². The van der Waals surface area contributed by atoms with E-state index in [0.29, 0.717) is 37.4 Å². The van der Waals surface area contributed by atoms with Gasteiger partial charge < -0.3 is 19.9 Å². The number of carbonyl (C=O) groups is 1. The molecule has 0 fully saturated rings. The quantitative estimate of drug-likeness (QED) is 0.674. The summed E-state index contributed by atoms with van der Waals surface area (Å²) in [6, 6.07) is 13.5. The maximum atomic E-state index is 14.1. The number of aliphatic hydroxyl groups excluding tert-OH is 1. The van der Waals surface area contributed by atoms with Crippen molar-refractivity contribution < 1.29 is 23.8 Å². The average Bonchev–Trinajstić information content (AvgIpc) is 3.22. The number of halogens is 1. The van der Waals surface area contributed by atoms with Crippen LogP contribution < -0.4 is 14.8 Å². The summed E-state index contributed by atoms with van der Waals surface area (Å²) in [6.07, 6.45) is 0.760. The predicted octanol–water partition coefficient (Wildman–Crippen LogP) is 2.77. The smallest absolute Gasteiger partial charge is 0.272 e. The minimum Gasteiger partial charge on any atom is -0.491 e. The molecule has 2 atom stereocenters. The number of aliphatic hydroxyl groups is 1. The summed E-state index contributed by atoms with van der Waals surface area (Å²) in [5.41, 5.74) is 2.50. The van der Waals surface area contributed by atoms with Gasteiger partial charge in [0, 0.05) is 24.6 Å². The molecule has 0 aliphatic carbocycles. The van der Waals surface area contributed by atoms with Crippen LogP contribution in [0.3, 0.4) is 0 Å². The number of nitrogens with one attached hydrogen (secondary N) is 1. The molecule has 2 N–H and O–H groups in total. The molecule has 0 spiro atoms. The first-order chi connectivity index (χ1) is 15.1. The second-order valence-corrected chi connectivity index (χ2v) is 7.79. The molecule has 0 radical (unpaired) electrons. The summed E-state index contributed by atoms with van der Waals surface area (Å²) in [7, 11) is 0. The minimum absolute atomic E-state index is 0.0433. The normalized spacial score (nSPS) is 19.5.